The summed E-state index contributed by atoms with van der Waals surface area (Å²) in [6.45, 7) is 2.64. The molecule has 114 valence electrons. The molecule has 0 saturated heterocycles. The molecule has 1 unspecified atom stereocenters. The molecule has 0 aromatic carbocycles. The number of nitriles is 1. The molecule has 1 aliphatic rings. The number of carbonyl (C=O) groups is 1. The second-order valence-corrected chi connectivity index (χ2v) is 6.91. The Balaban J connectivity index is 2.06. The van der Waals surface area contributed by atoms with Gasteiger partial charge in [-0.15, -0.1) is 11.3 Å². The van der Waals surface area contributed by atoms with Crippen molar-refractivity contribution in [1.82, 2.24) is 0 Å². The van der Waals surface area contributed by atoms with Crippen LogP contribution in [0.25, 0.3) is 0 Å². The molecule has 1 aliphatic carbocycles. The lowest BCUT2D eigenvalue weighted by Gasteiger charge is -2.08. The summed E-state index contributed by atoms with van der Waals surface area (Å²) in [5, 5.41) is 13.1. The molecule has 1 aromatic rings. The molecular formula is C16H23N3OS. The molecule has 5 heteroatoms. The number of rotatable bonds is 5. The summed E-state index contributed by atoms with van der Waals surface area (Å²) in [6.07, 6.45) is 6.80. The number of hydrogen-bond acceptors (Lipinski definition) is 4. The van der Waals surface area contributed by atoms with Crippen LogP contribution in [0.1, 0.15) is 55.0 Å². The Morgan fingerprint density at radius 2 is 2.19 bits per heavy atom. The van der Waals surface area contributed by atoms with Crippen LogP contribution in [0.5, 0.6) is 0 Å². The van der Waals surface area contributed by atoms with Crippen LogP contribution in [0, 0.1) is 17.2 Å². The summed E-state index contributed by atoms with van der Waals surface area (Å²) < 4.78 is 0. The molecule has 2 rings (SSSR count). The van der Waals surface area contributed by atoms with Crippen molar-refractivity contribution in [3.8, 4) is 6.07 Å². The lowest BCUT2D eigenvalue weighted by molar-refractivity contribution is -0.116. The highest BCUT2D eigenvalue weighted by atomic mass is 32.1. The normalized spacial score (nSPS) is 15.7. The SMILES string of the molecule is CC(CN)CCC(=O)Nc1sc2c(c1C#N)CCCCC2. The lowest BCUT2D eigenvalue weighted by Crippen LogP contribution is -2.16. The minimum absolute atomic E-state index is 0.0109. The van der Waals surface area contributed by atoms with Crippen LogP contribution in [-0.4, -0.2) is 12.5 Å². The van der Waals surface area contributed by atoms with Crippen molar-refractivity contribution < 1.29 is 4.79 Å². The van der Waals surface area contributed by atoms with Crippen LogP contribution < -0.4 is 11.1 Å². The highest BCUT2D eigenvalue weighted by molar-refractivity contribution is 7.16. The molecule has 21 heavy (non-hydrogen) atoms. The standard InChI is InChI=1S/C16H23N3OS/c1-11(9-17)7-8-15(20)19-16-13(10-18)12-5-3-2-4-6-14(12)21-16/h11H,2-9,17H2,1H3,(H,19,20). The average molecular weight is 305 g/mol. The molecule has 1 atom stereocenters. The summed E-state index contributed by atoms with van der Waals surface area (Å²) in [5.74, 6) is 0.342. The van der Waals surface area contributed by atoms with E-state index in [1.165, 1.54) is 23.3 Å². The van der Waals surface area contributed by atoms with E-state index in [0.29, 0.717) is 24.4 Å². The Morgan fingerprint density at radius 1 is 1.43 bits per heavy atom. The zero-order chi connectivity index (χ0) is 15.2. The smallest absolute Gasteiger partial charge is 0.225 e. The van der Waals surface area contributed by atoms with Gasteiger partial charge in [0.25, 0.3) is 0 Å². The number of aryl methyl sites for hydroxylation is 1. The van der Waals surface area contributed by atoms with E-state index in [4.69, 9.17) is 5.73 Å². The maximum Gasteiger partial charge on any atom is 0.225 e. The van der Waals surface area contributed by atoms with Crippen LogP contribution in [0.15, 0.2) is 0 Å². The molecule has 0 spiro atoms. The predicted molar refractivity (Wildman–Crippen MR) is 86.4 cm³/mol. The second kappa shape index (κ2) is 7.58. The predicted octanol–water partition coefficient (Wildman–Crippen LogP) is 3.20. The first-order valence-corrected chi connectivity index (χ1v) is 8.52. The van der Waals surface area contributed by atoms with Crippen molar-refractivity contribution in [2.45, 2.75) is 51.9 Å². The Bertz CT molecular complexity index is 544. The molecule has 4 nitrogen and oxygen atoms in total. The number of anilines is 1. The van der Waals surface area contributed by atoms with Gasteiger partial charge in [0.1, 0.15) is 11.1 Å². The van der Waals surface area contributed by atoms with Crippen LogP contribution >= 0.6 is 11.3 Å². The maximum absolute atomic E-state index is 12.0. The molecular weight excluding hydrogens is 282 g/mol. The molecule has 3 N–H and O–H groups in total. The van der Waals surface area contributed by atoms with Gasteiger partial charge in [0, 0.05) is 11.3 Å². The number of hydrogen-bond donors (Lipinski definition) is 2. The van der Waals surface area contributed by atoms with Gasteiger partial charge in [0.15, 0.2) is 0 Å². The van der Waals surface area contributed by atoms with E-state index in [2.05, 4.69) is 11.4 Å². The van der Waals surface area contributed by atoms with Gasteiger partial charge in [-0.25, -0.2) is 0 Å². The molecule has 0 saturated carbocycles. The number of nitrogens with one attached hydrogen (secondary N) is 1. The lowest BCUT2D eigenvalue weighted by atomic mass is 10.1. The van der Waals surface area contributed by atoms with E-state index in [1.807, 2.05) is 6.92 Å². The summed E-state index contributed by atoms with van der Waals surface area (Å²) >= 11 is 1.59. The van der Waals surface area contributed by atoms with E-state index in [-0.39, 0.29) is 5.91 Å². The average Bonchev–Trinajstić information content (AvgIpc) is 2.65. The van der Waals surface area contributed by atoms with Crippen LogP contribution in [-0.2, 0) is 17.6 Å². The fourth-order valence-corrected chi connectivity index (χ4v) is 3.89. The number of carbonyl (C=O) groups excluding carboxylic acids is 1. The molecule has 1 aromatic heterocycles. The first kappa shape index (κ1) is 16.0. The topological polar surface area (TPSA) is 78.9 Å². The zero-order valence-corrected chi connectivity index (χ0v) is 13.4. The maximum atomic E-state index is 12.0. The Morgan fingerprint density at radius 3 is 2.90 bits per heavy atom. The minimum Gasteiger partial charge on any atom is -0.330 e. The second-order valence-electron chi connectivity index (χ2n) is 5.81. The van der Waals surface area contributed by atoms with Gasteiger partial charge < -0.3 is 11.1 Å². The molecule has 0 aliphatic heterocycles. The van der Waals surface area contributed by atoms with Gasteiger partial charge in [-0.2, -0.15) is 5.26 Å². The van der Waals surface area contributed by atoms with Crippen molar-refractivity contribution in [3.63, 3.8) is 0 Å². The van der Waals surface area contributed by atoms with Gasteiger partial charge in [-0.3, -0.25) is 4.79 Å². The quantitative estimate of drug-likeness (QED) is 0.820. The van der Waals surface area contributed by atoms with Crippen LogP contribution in [0.2, 0.25) is 0 Å². The number of fused-ring (bicyclic) bond motifs is 1. The summed E-state index contributed by atoms with van der Waals surface area (Å²) in [7, 11) is 0. The van der Waals surface area contributed by atoms with E-state index < -0.39 is 0 Å². The first-order chi connectivity index (χ1) is 10.2. The van der Waals surface area contributed by atoms with Gasteiger partial charge in [0.2, 0.25) is 5.91 Å². The van der Waals surface area contributed by atoms with Crippen LogP contribution in [0.3, 0.4) is 0 Å². The Hall–Kier alpha value is -1.38. The van der Waals surface area contributed by atoms with Crippen molar-refractivity contribution in [2.75, 3.05) is 11.9 Å². The van der Waals surface area contributed by atoms with Gasteiger partial charge in [0.05, 0.1) is 5.56 Å². The highest BCUT2D eigenvalue weighted by Crippen LogP contribution is 2.37. The van der Waals surface area contributed by atoms with Gasteiger partial charge >= 0.3 is 0 Å². The third-order valence-corrected chi connectivity index (χ3v) is 5.26. The summed E-state index contributed by atoms with van der Waals surface area (Å²) in [5.41, 5.74) is 7.43. The van der Waals surface area contributed by atoms with Crippen molar-refractivity contribution in [3.05, 3.63) is 16.0 Å². The van der Waals surface area contributed by atoms with Crippen molar-refractivity contribution in [1.29, 1.82) is 5.26 Å². The third kappa shape index (κ3) is 4.05. The first-order valence-electron chi connectivity index (χ1n) is 7.70. The van der Waals surface area contributed by atoms with E-state index >= 15 is 0 Å². The molecule has 0 radical (unpaired) electrons. The molecule has 0 fully saturated rings. The molecule has 1 heterocycles. The fourth-order valence-electron chi connectivity index (χ4n) is 2.63. The largest absolute Gasteiger partial charge is 0.330 e. The summed E-state index contributed by atoms with van der Waals surface area (Å²) in [6, 6.07) is 2.29. The fraction of sp³-hybridized carbons (Fsp3) is 0.625. The van der Waals surface area contributed by atoms with Gasteiger partial charge in [-0.1, -0.05) is 13.3 Å². The number of nitrogens with zero attached hydrogens (tertiary/aromatic N) is 1. The Labute approximate surface area is 130 Å². The van der Waals surface area contributed by atoms with E-state index in [9.17, 15) is 10.1 Å². The number of thiophene rings is 1. The third-order valence-electron chi connectivity index (χ3n) is 4.05. The molecule has 0 bridgehead atoms. The van der Waals surface area contributed by atoms with E-state index in [1.54, 1.807) is 11.3 Å². The van der Waals surface area contributed by atoms with Crippen molar-refractivity contribution >= 4 is 22.2 Å². The zero-order valence-electron chi connectivity index (χ0n) is 12.6. The summed E-state index contributed by atoms with van der Waals surface area (Å²) in [4.78, 5) is 13.3. The van der Waals surface area contributed by atoms with Crippen molar-refractivity contribution in [2.24, 2.45) is 11.7 Å². The molecule has 1 amide bonds. The van der Waals surface area contributed by atoms with Gasteiger partial charge in [-0.05, 0) is 50.1 Å². The Kier molecular flexibility index (Phi) is 5.77. The number of nitrogens with two attached hydrogens (primary N) is 1. The van der Waals surface area contributed by atoms with E-state index in [0.717, 1.165) is 30.7 Å². The minimum atomic E-state index is -0.0109. The highest BCUT2D eigenvalue weighted by Gasteiger charge is 2.20. The number of amides is 1. The van der Waals surface area contributed by atoms with Crippen LogP contribution in [0.4, 0.5) is 5.00 Å². The monoisotopic (exact) mass is 305 g/mol.